The highest BCUT2D eigenvalue weighted by atomic mass is 16.6. The van der Waals surface area contributed by atoms with Crippen molar-refractivity contribution in [3.05, 3.63) is 18.4 Å². The lowest BCUT2D eigenvalue weighted by atomic mass is 10.1. The van der Waals surface area contributed by atoms with E-state index in [2.05, 4.69) is 0 Å². The van der Waals surface area contributed by atoms with Crippen molar-refractivity contribution >= 4 is 5.97 Å². The highest BCUT2D eigenvalue weighted by molar-refractivity contribution is 5.74. The van der Waals surface area contributed by atoms with Crippen LogP contribution < -0.4 is 4.74 Å². The van der Waals surface area contributed by atoms with Gasteiger partial charge in [-0.25, -0.2) is 0 Å². The second kappa shape index (κ2) is 3.95. The number of hydrogen-bond acceptors (Lipinski definition) is 3. The Bertz CT molecular complexity index is 238. The summed E-state index contributed by atoms with van der Waals surface area (Å²) in [6.45, 7) is 3.76. The monoisotopic (exact) mass is 168 g/mol. The van der Waals surface area contributed by atoms with Crippen molar-refractivity contribution in [2.45, 2.75) is 20.3 Å². The van der Waals surface area contributed by atoms with Gasteiger partial charge in [-0.15, -0.1) is 0 Å². The molecule has 1 aromatic rings. The molecule has 0 aliphatic carbocycles. The van der Waals surface area contributed by atoms with Gasteiger partial charge >= 0.3 is 5.97 Å². The van der Waals surface area contributed by atoms with Gasteiger partial charge in [0.25, 0.3) is 5.95 Å². The molecule has 0 bridgehead atoms. The molecule has 66 valence electrons. The molecule has 0 saturated heterocycles. The molecule has 0 spiro atoms. The quantitative estimate of drug-likeness (QED) is 0.649. The molecule has 0 saturated carbocycles. The van der Waals surface area contributed by atoms with E-state index in [0.717, 1.165) is 6.42 Å². The highest BCUT2D eigenvalue weighted by Gasteiger charge is 2.13. The van der Waals surface area contributed by atoms with Gasteiger partial charge in [0.1, 0.15) is 0 Å². The highest BCUT2D eigenvalue weighted by Crippen LogP contribution is 2.13. The molecule has 0 amide bonds. The predicted molar refractivity (Wildman–Crippen MR) is 43.8 cm³/mol. The van der Waals surface area contributed by atoms with Crippen molar-refractivity contribution in [3.8, 4) is 5.95 Å². The van der Waals surface area contributed by atoms with Crippen LogP contribution in [0, 0.1) is 5.92 Å². The van der Waals surface area contributed by atoms with Crippen LogP contribution in [-0.4, -0.2) is 5.97 Å². The molecular formula is C9H12O3. The summed E-state index contributed by atoms with van der Waals surface area (Å²) in [6, 6.07) is 3.29. The molecule has 3 nitrogen and oxygen atoms in total. The molecule has 1 atom stereocenters. The Morgan fingerprint density at radius 1 is 1.75 bits per heavy atom. The average molecular weight is 168 g/mol. The van der Waals surface area contributed by atoms with E-state index in [-0.39, 0.29) is 17.8 Å². The minimum atomic E-state index is -0.243. The summed E-state index contributed by atoms with van der Waals surface area (Å²) in [5.74, 6) is -0.0529. The third-order valence-corrected chi connectivity index (χ3v) is 1.71. The molecule has 1 unspecified atom stereocenters. The second-order valence-corrected chi connectivity index (χ2v) is 2.66. The van der Waals surface area contributed by atoms with Crippen LogP contribution in [0.2, 0.25) is 0 Å². The Morgan fingerprint density at radius 3 is 3.00 bits per heavy atom. The molecular weight excluding hydrogens is 156 g/mol. The standard InChI is InChI=1S/C9H12O3/c1-3-7(2)9(10)12-8-5-4-6-11-8/h4-7H,3H2,1-2H3. The summed E-state index contributed by atoms with van der Waals surface area (Å²) in [7, 11) is 0. The molecule has 12 heavy (non-hydrogen) atoms. The first kappa shape index (κ1) is 8.84. The number of rotatable bonds is 3. The summed E-state index contributed by atoms with van der Waals surface area (Å²) in [4.78, 5) is 11.2. The number of carbonyl (C=O) groups is 1. The van der Waals surface area contributed by atoms with Crippen molar-refractivity contribution < 1.29 is 13.9 Å². The normalized spacial score (nSPS) is 12.5. The fraction of sp³-hybridized carbons (Fsp3) is 0.444. The molecule has 1 aromatic heterocycles. The van der Waals surface area contributed by atoms with Crippen LogP contribution in [0.25, 0.3) is 0 Å². The number of carbonyl (C=O) groups excluding carboxylic acids is 1. The maximum absolute atomic E-state index is 11.2. The third kappa shape index (κ3) is 2.12. The van der Waals surface area contributed by atoms with Crippen LogP contribution in [-0.2, 0) is 4.79 Å². The minimum Gasteiger partial charge on any atom is -0.434 e. The van der Waals surface area contributed by atoms with Crippen molar-refractivity contribution in [3.63, 3.8) is 0 Å². The fourth-order valence-corrected chi connectivity index (χ4v) is 0.688. The average Bonchev–Trinajstić information content (AvgIpc) is 2.55. The zero-order valence-electron chi connectivity index (χ0n) is 7.24. The lowest BCUT2D eigenvalue weighted by Gasteiger charge is -2.05. The molecule has 1 rings (SSSR count). The Balaban J connectivity index is 2.47. The zero-order valence-corrected chi connectivity index (χ0v) is 7.24. The van der Waals surface area contributed by atoms with E-state index in [1.165, 1.54) is 6.26 Å². The van der Waals surface area contributed by atoms with Crippen LogP contribution >= 0.6 is 0 Å². The van der Waals surface area contributed by atoms with Crippen LogP contribution in [0.1, 0.15) is 20.3 Å². The zero-order chi connectivity index (χ0) is 8.97. The Kier molecular flexibility index (Phi) is 2.91. The fourth-order valence-electron chi connectivity index (χ4n) is 0.688. The lowest BCUT2D eigenvalue weighted by Crippen LogP contribution is -2.16. The summed E-state index contributed by atoms with van der Waals surface area (Å²) >= 11 is 0. The summed E-state index contributed by atoms with van der Waals surface area (Å²) in [6.07, 6.45) is 2.25. The number of esters is 1. The SMILES string of the molecule is CCC(C)C(=O)Oc1ccco1. The van der Waals surface area contributed by atoms with Gasteiger partial charge in [-0.05, 0) is 12.5 Å². The molecule has 0 aromatic carbocycles. The van der Waals surface area contributed by atoms with Gasteiger partial charge < -0.3 is 9.15 Å². The second-order valence-electron chi connectivity index (χ2n) is 2.66. The molecule has 0 radical (unpaired) electrons. The third-order valence-electron chi connectivity index (χ3n) is 1.71. The number of ether oxygens (including phenoxy) is 1. The number of furan rings is 1. The Morgan fingerprint density at radius 2 is 2.50 bits per heavy atom. The predicted octanol–water partition coefficient (Wildman–Crippen LogP) is 2.23. The first-order valence-corrected chi connectivity index (χ1v) is 3.99. The minimum absolute atomic E-state index is 0.0740. The maximum Gasteiger partial charge on any atom is 0.316 e. The van der Waals surface area contributed by atoms with E-state index < -0.39 is 0 Å². The molecule has 0 N–H and O–H groups in total. The summed E-state index contributed by atoms with van der Waals surface area (Å²) in [5.41, 5.74) is 0. The van der Waals surface area contributed by atoms with Crippen LogP contribution in [0.3, 0.4) is 0 Å². The Hall–Kier alpha value is -1.25. The molecule has 0 aliphatic heterocycles. The van der Waals surface area contributed by atoms with E-state index >= 15 is 0 Å². The van der Waals surface area contributed by atoms with E-state index in [1.807, 2.05) is 13.8 Å². The van der Waals surface area contributed by atoms with Crippen molar-refractivity contribution in [1.82, 2.24) is 0 Å². The smallest absolute Gasteiger partial charge is 0.316 e. The summed E-state index contributed by atoms with van der Waals surface area (Å²) in [5, 5.41) is 0. The molecule has 3 heteroatoms. The van der Waals surface area contributed by atoms with Crippen LogP contribution in [0.4, 0.5) is 0 Å². The topological polar surface area (TPSA) is 39.4 Å². The van der Waals surface area contributed by atoms with E-state index in [9.17, 15) is 4.79 Å². The van der Waals surface area contributed by atoms with E-state index in [1.54, 1.807) is 12.1 Å². The van der Waals surface area contributed by atoms with Crippen LogP contribution in [0.5, 0.6) is 5.95 Å². The first-order chi connectivity index (χ1) is 5.74. The van der Waals surface area contributed by atoms with Gasteiger partial charge in [0, 0.05) is 6.07 Å². The molecule has 0 aliphatic rings. The van der Waals surface area contributed by atoms with Gasteiger partial charge in [0.05, 0.1) is 12.2 Å². The molecule has 1 heterocycles. The van der Waals surface area contributed by atoms with Gasteiger partial charge in [0.15, 0.2) is 0 Å². The van der Waals surface area contributed by atoms with Crippen LogP contribution in [0.15, 0.2) is 22.8 Å². The maximum atomic E-state index is 11.2. The van der Waals surface area contributed by atoms with Gasteiger partial charge in [-0.2, -0.15) is 0 Å². The molecule has 0 fully saturated rings. The lowest BCUT2D eigenvalue weighted by molar-refractivity contribution is -0.139. The van der Waals surface area contributed by atoms with E-state index in [0.29, 0.717) is 0 Å². The van der Waals surface area contributed by atoms with E-state index in [4.69, 9.17) is 9.15 Å². The van der Waals surface area contributed by atoms with Crippen molar-refractivity contribution in [2.75, 3.05) is 0 Å². The van der Waals surface area contributed by atoms with Gasteiger partial charge in [0.2, 0.25) is 0 Å². The summed E-state index contributed by atoms with van der Waals surface area (Å²) < 4.78 is 9.76. The van der Waals surface area contributed by atoms with Crippen molar-refractivity contribution in [1.29, 1.82) is 0 Å². The Labute approximate surface area is 71.3 Å². The number of hydrogen-bond donors (Lipinski definition) is 0. The van der Waals surface area contributed by atoms with Crippen molar-refractivity contribution in [2.24, 2.45) is 5.92 Å². The van der Waals surface area contributed by atoms with Gasteiger partial charge in [-0.1, -0.05) is 13.8 Å². The first-order valence-electron chi connectivity index (χ1n) is 3.99. The largest absolute Gasteiger partial charge is 0.434 e. The van der Waals surface area contributed by atoms with Gasteiger partial charge in [-0.3, -0.25) is 4.79 Å².